The van der Waals surface area contributed by atoms with Crippen molar-refractivity contribution >= 4 is 15.9 Å². The number of hydrogen-bond donors (Lipinski definition) is 1. The minimum Gasteiger partial charge on any atom is -0.390 e. The van der Waals surface area contributed by atoms with Crippen LogP contribution in [0.25, 0.3) is 0 Å². The van der Waals surface area contributed by atoms with Crippen LogP contribution in [0.2, 0.25) is 0 Å². The van der Waals surface area contributed by atoms with E-state index in [9.17, 15) is 5.11 Å². The maximum Gasteiger partial charge on any atom is 0.0594 e. The van der Waals surface area contributed by atoms with Gasteiger partial charge in [0.25, 0.3) is 0 Å². The van der Waals surface area contributed by atoms with E-state index in [1.807, 2.05) is 26.0 Å². The molecule has 0 bridgehead atoms. The lowest BCUT2D eigenvalue weighted by Gasteiger charge is -2.16. The number of rotatable bonds is 3. The molecule has 0 aliphatic carbocycles. The number of aliphatic hydroxyl groups is 1. The van der Waals surface area contributed by atoms with Crippen molar-refractivity contribution in [3.63, 3.8) is 0 Å². The molecule has 1 aromatic rings. The van der Waals surface area contributed by atoms with Crippen molar-refractivity contribution < 1.29 is 5.11 Å². The summed E-state index contributed by atoms with van der Waals surface area (Å²) in [7, 11) is 0. The second-order valence-corrected chi connectivity index (χ2v) is 4.86. The number of aryl methyl sites for hydroxylation is 1. The molecule has 0 aliphatic rings. The Kier molecular flexibility index (Phi) is 3.51. The zero-order chi connectivity index (χ0) is 9.90. The molecular weight excluding hydrogens is 228 g/mol. The first-order valence-corrected chi connectivity index (χ1v) is 5.23. The summed E-state index contributed by atoms with van der Waals surface area (Å²) in [5.41, 5.74) is 0.694. The van der Waals surface area contributed by atoms with Crippen molar-refractivity contribution in [3.8, 4) is 0 Å². The first-order chi connectivity index (χ1) is 5.97. The topological polar surface area (TPSA) is 20.2 Å². The predicted molar refractivity (Wildman–Crippen MR) is 58.8 cm³/mol. The van der Waals surface area contributed by atoms with Gasteiger partial charge in [0.2, 0.25) is 0 Å². The lowest BCUT2D eigenvalue weighted by atomic mass is 9.99. The Bertz CT molecular complexity index is 276. The van der Waals surface area contributed by atoms with Crippen molar-refractivity contribution in [2.75, 3.05) is 0 Å². The van der Waals surface area contributed by atoms with E-state index in [0.717, 1.165) is 17.3 Å². The molecule has 0 saturated carbocycles. The van der Waals surface area contributed by atoms with Crippen LogP contribution in [-0.4, -0.2) is 10.7 Å². The molecule has 0 unspecified atom stereocenters. The lowest BCUT2D eigenvalue weighted by Crippen LogP contribution is -2.19. The first kappa shape index (κ1) is 10.7. The second-order valence-electron chi connectivity index (χ2n) is 3.94. The largest absolute Gasteiger partial charge is 0.390 e. The van der Waals surface area contributed by atoms with E-state index in [1.54, 1.807) is 0 Å². The van der Waals surface area contributed by atoms with E-state index < -0.39 is 5.60 Å². The zero-order valence-corrected chi connectivity index (χ0v) is 9.63. The predicted octanol–water partition coefficient (Wildman–Crippen LogP) is 3.15. The van der Waals surface area contributed by atoms with E-state index in [1.165, 1.54) is 5.56 Å². The number of halogens is 1. The van der Waals surface area contributed by atoms with E-state index >= 15 is 0 Å². The van der Waals surface area contributed by atoms with Crippen LogP contribution in [0.4, 0.5) is 0 Å². The van der Waals surface area contributed by atoms with E-state index in [0.29, 0.717) is 0 Å². The molecule has 0 atom stereocenters. The van der Waals surface area contributed by atoms with Gasteiger partial charge in [-0.2, -0.15) is 0 Å². The molecule has 0 radical (unpaired) electrons. The van der Waals surface area contributed by atoms with Gasteiger partial charge in [0.1, 0.15) is 0 Å². The van der Waals surface area contributed by atoms with E-state index in [2.05, 4.69) is 28.1 Å². The molecule has 1 aromatic carbocycles. The first-order valence-electron chi connectivity index (χ1n) is 4.44. The molecule has 0 amide bonds. The summed E-state index contributed by atoms with van der Waals surface area (Å²) in [6.45, 7) is 3.68. The highest BCUT2D eigenvalue weighted by Crippen LogP contribution is 2.16. The van der Waals surface area contributed by atoms with Crippen LogP contribution < -0.4 is 0 Å². The number of benzene rings is 1. The standard InChI is InChI=1S/C11H15BrO/c1-11(2,13)7-6-9-4-3-5-10(12)8-9/h3-5,8,13H,6-7H2,1-2H3. The molecule has 1 N–H and O–H groups in total. The quantitative estimate of drug-likeness (QED) is 0.864. The summed E-state index contributed by atoms with van der Waals surface area (Å²) in [6.07, 6.45) is 1.71. The molecular formula is C11H15BrO. The fourth-order valence-corrected chi connectivity index (χ4v) is 1.59. The van der Waals surface area contributed by atoms with Gasteiger partial charge in [-0.25, -0.2) is 0 Å². The minimum atomic E-state index is -0.567. The Morgan fingerprint density at radius 3 is 2.62 bits per heavy atom. The average Bonchev–Trinajstić information content (AvgIpc) is 2.00. The van der Waals surface area contributed by atoms with Gasteiger partial charge in [-0.1, -0.05) is 28.1 Å². The van der Waals surface area contributed by atoms with Crippen LogP contribution in [0.15, 0.2) is 28.7 Å². The van der Waals surface area contributed by atoms with Crippen LogP contribution >= 0.6 is 15.9 Å². The van der Waals surface area contributed by atoms with Gasteiger partial charge in [-0.15, -0.1) is 0 Å². The van der Waals surface area contributed by atoms with Gasteiger partial charge in [-0.3, -0.25) is 0 Å². The maximum atomic E-state index is 9.54. The summed E-state index contributed by atoms with van der Waals surface area (Å²) in [5.74, 6) is 0. The third-order valence-electron chi connectivity index (χ3n) is 1.91. The van der Waals surface area contributed by atoms with E-state index in [-0.39, 0.29) is 0 Å². The Morgan fingerprint density at radius 1 is 1.38 bits per heavy atom. The van der Waals surface area contributed by atoms with Crippen molar-refractivity contribution in [1.82, 2.24) is 0 Å². The highest BCUT2D eigenvalue weighted by Gasteiger charge is 2.11. The van der Waals surface area contributed by atoms with Crippen molar-refractivity contribution in [3.05, 3.63) is 34.3 Å². The molecule has 0 aliphatic heterocycles. The summed E-state index contributed by atoms with van der Waals surface area (Å²) in [4.78, 5) is 0. The van der Waals surface area contributed by atoms with Crippen LogP contribution in [-0.2, 0) is 6.42 Å². The molecule has 0 saturated heterocycles. The van der Waals surface area contributed by atoms with Gasteiger partial charge >= 0.3 is 0 Å². The average molecular weight is 243 g/mol. The summed E-state index contributed by atoms with van der Waals surface area (Å²) in [5, 5.41) is 9.54. The third-order valence-corrected chi connectivity index (χ3v) is 2.41. The van der Waals surface area contributed by atoms with Crippen LogP contribution in [0.1, 0.15) is 25.8 Å². The van der Waals surface area contributed by atoms with Crippen LogP contribution in [0.5, 0.6) is 0 Å². The normalized spacial score (nSPS) is 11.7. The minimum absolute atomic E-state index is 0.567. The second kappa shape index (κ2) is 4.25. The molecule has 2 heteroatoms. The monoisotopic (exact) mass is 242 g/mol. The Balaban J connectivity index is 2.55. The molecule has 0 heterocycles. The van der Waals surface area contributed by atoms with Gasteiger partial charge in [0, 0.05) is 4.47 Å². The van der Waals surface area contributed by atoms with Gasteiger partial charge in [-0.05, 0) is 44.4 Å². The summed E-state index contributed by atoms with van der Waals surface area (Å²) >= 11 is 3.42. The highest BCUT2D eigenvalue weighted by atomic mass is 79.9. The molecule has 0 fully saturated rings. The SMILES string of the molecule is CC(C)(O)CCc1cccc(Br)c1. The fraction of sp³-hybridized carbons (Fsp3) is 0.455. The maximum absolute atomic E-state index is 9.54. The Morgan fingerprint density at radius 2 is 2.08 bits per heavy atom. The molecule has 1 nitrogen and oxygen atoms in total. The zero-order valence-electron chi connectivity index (χ0n) is 8.05. The molecule has 1 rings (SSSR count). The highest BCUT2D eigenvalue weighted by molar-refractivity contribution is 9.10. The van der Waals surface area contributed by atoms with Gasteiger partial charge in [0.05, 0.1) is 5.60 Å². The summed E-state index contributed by atoms with van der Waals surface area (Å²) in [6, 6.07) is 8.19. The molecule has 72 valence electrons. The van der Waals surface area contributed by atoms with Crippen molar-refractivity contribution in [2.45, 2.75) is 32.3 Å². The Labute approximate surface area is 87.9 Å². The van der Waals surface area contributed by atoms with Crippen molar-refractivity contribution in [1.29, 1.82) is 0 Å². The number of hydrogen-bond acceptors (Lipinski definition) is 1. The smallest absolute Gasteiger partial charge is 0.0594 e. The summed E-state index contributed by atoms with van der Waals surface area (Å²) < 4.78 is 1.10. The Hall–Kier alpha value is -0.340. The van der Waals surface area contributed by atoms with Gasteiger partial charge in [0.15, 0.2) is 0 Å². The molecule has 13 heavy (non-hydrogen) atoms. The van der Waals surface area contributed by atoms with E-state index in [4.69, 9.17) is 0 Å². The third kappa shape index (κ3) is 4.44. The van der Waals surface area contributed by atoms with Crippen LogP contribution in [0, 0.1) is 0 Å². The van der Waals surface area contributed by atoms with Gasteiger partial charge < -0.3 is 5.11 Å². The van der Waals surface area contributed by atoms with Crippen LogP contribution in [0.3, 0.4) is 0 Å². The van der Waals surface area contributed by atoms with Crippen molar-refractivity contribution in [2.24, 2.45) is 0 Å². The fourth-order valence-electron chi connectivity index (χ4n) is 1.14. The lowest BCUT2D eigenvalue weighted by molar-refractivity contribution is 0.0714. The molecule has 0 spiro atoms. The molecule has 0 aromatic heterocycles.